The molecule has 5 heteroatoms. The van der Waals surface area contributed by atoms with E-state index in [1.807, 2.05) is 13.0 Å². The molecular weight excluding hydrogens is 260 g/mol. The van der Waals surface area contributed by atoms with Gasteiger partial charge in [-0.1, -0.05) is 0 Å². The average Bonchev–Trinajstić information content (AvgIpc) is 2.37. The normalized spacial score (nSPS) is 12.1. The van der Waals surface area contributed by atoms with E-state index in [2.05, 4.69) is 0 Å². The second-order valence-electron chi connectivity index (χ2n) is 4.51. The van der Waals surface area contributed by atoms with Crippen LogP contribution in [0.25, 0.3) is 11.0 Å². The zero-order chi connectivity index (χ0) is 14.5. The predicted octanol–water partition coefficient (Wildman–Crippen LogP) is 2.51. The van der Waals surface area contributed by atoms with Gasteiger partial charge in [-0.15, -0.1) is 0 Å². The molecule has 20 heavy (non-hydrogen) atoms. The molecule has 0 bridgehead atoms. The highest BCUT2D eigenvalue weighted by molar-refractivity contribution is 5.77. The summed E-state index contributed by atoms with van der Waals surface area (Å²) in [6.45, 7) is 3.60. The van der Waals surface area contributed by atoms with E-state index in [-0.39, 0.29) is 12.1 Å². The van der Waals surface area contributed by atoms with Gasteiger partial charge in [0, 0.05) is 30.9 Å². The number of carbonyl (C=O) groups is 1. The largest absolute Gasteiger partial charge is 0.493 e. The van der Waals surface area contributed by atoms with Crippen LogP contribution in [0.15, 0.2) is 39.5 Å². The summed E-state index contributed by atoms with van der Waals surface area (Å²) in [5.41, 5.74) is 0.0983. The molecule has 0 saturated heterocycles. The van der Waals surface area contributed by atoms with E-state index in [1.165, 1.54) is 13.0 Å². The monoisotopic (exact) mass is 276 g/mol. The number of fused-ring (bicyclic) bond motifs is 1. The third-order valence-electron chi connectivity index (χ3n) is 2.75. The molecule has 1 aromatic carbocycles. The Morgan fingerprint density at radius 1 is 1.30 bits per heavy atom. The number of carbonyl (C=O) groups excluding carboxylic acids is 1. The van der Waals surface area contributed by atoms with Gasteiger partial charge in [-0.25, -0.2) is 4.79 Å². The Balaban J connectivity index is 1.96. The van der Waals surface area contributed by atoms with Crippen molar-refractivity contribution in [2.75, 3.05) is 6.61 Å². The van der Waals surface area contributed by atoms with E-state index < -0.39 is 5.63 Å². The molecule has 1 atom stereocenters. The Bertz CT molecular complexity index is 659. The number of esters is 1. The quantitative estimate of drug-likeness (QED) is 0.620. The van der Waals surface area contributed by atoms with Crippen LogP contribution in [0.4, 0.5) is 0 Å². The molecule has 0 fully saturated rings. The van der Waals surface area contributed by atoms with E-state index in [0.717, 1.165) is 5.39 Å². The Labute approximate surface area is 116 Å². The van der Waals surface area contributed by atoms with Crippen molar-refractivity contribution in [3.8, 4) is 5.75 Å². The molecule has 5 nitrogen and oxygen atoms in total. The lowest BCUT2D eigenvalue weighted by molar-refractivity contribution is -0.145. The topological polar surface area (TPSA) is 65.7 Å². The summed E-state index contributed by atoms with van der Waals surface area (Å²) in [6.07, 6.45) is 0.405. The van der Waals surface area contributed by atoms with Crippen molar-refractivity contribution in [3.05, 3.63) is 40.8 Å². The zero-order valence-corrected chi connectivity index (χ0v) is 11.4. The molecular formula is C15H16O5. The molecule has 106 valence electrons. The summed E-state index contributed by atoms with van der Waals surface area (Å²) in [6, 6.07) is 8.38. The molecule has 2 aromatic rings. The molecule has 0 aliphatic rings. The Morgan fingerprint density at radius 3 is 2.80 bits per heavy atom. The van der Waals surface area contributed by atoms with Crippen LogP contribution >= 0.6 is 0 Å². The van der Waals surface area contributed by atoms with Crippen molar-refractivity contribution in [3.63, 3.8) is 0 Å². The van der Waals surface area contributed by atoms with Gasteiger partial charge in [0.05, 0.1) is 6.61 Å². The van der Waals surface area contributed by atoms with E-state index in [1.54, 1.807) is 18.2 Å². The maximum Gasteiger partial charge on any atom is 0.336 e. The molecule has 0 N–H and O–H groups in total. The molecule has 2 rings (SSSR count). The van der Waals surface area contributed by atoms with Gasteiger partial charge >= 0.3 is 11.6 Å². The average molecular weight is 276 g/mol. The van der Waals surface area contributed by atoms with Crippen LogP contribution in [-0.4, -0.2) is 18.7 Å². The second-order valence-corrected chi connectivity index (χ2v) is 4.51. The van der Waals surface area contributed by atoms with Crippen molar-refractivity contribution in [1.82, 2.24) is 0 Å². The first-order valence-corrected chi connectivity index (χ1v) is 6.38. The fraction of sp³-hybridized carbons (Fsp3) is 0.333. The summed E-state index contributed by atoms with van der Waals surface area (Å²) in [4.78, 5) is 21.9. The summed E-state index contributed by atoms with van der Waals surface area (Å²) in [7, 11) is 0. The van der Waals surface area contributed by atoms with E-state index >= 15 is 0 Å². The summed E-state index contributed by atoms with van der Waals surface area (Å²) in [5.74, 6) is 0.312. The van der Waals surface area contributed by atoms with Crippen LogP contribution in [0.1, 0.15) is 20.3 Å². The highest BCUT2D eigenvalue weighted by atomic mass is 16.5. The van der Waals surface area contributed by atoms with Crippen molar-refractivity contribution in [1.29, 1.82) is 0 Å². The minimum absolute atomic E-state index is 0.189. The number of ether oxygens (including phenoxy) is 2. The molecule has 1 aromatic heterocycles. The molecule has 0 aliphatic heterocycles. The van der Waals surface area contributed by atoms with Gasteiger partial charge < -0.3 is 13.9 Å². The minimum Gasteiger partial charge on any atom is -0.493 e. The van der Waals surface area contributed by atoms with Crippen molar-refractivity contribution in [2.45, 2.75) is 26.4 Å². The highest BCUT2D eigenvalue weighted by Gasteiger charge is 2.06. The fourth-order valence-electron chi connectivity index (χ4n) is 1.82. The Kier molecular flexibility index (Phi) is 4.40. The summed E-state index contributed by atoms with van der Waals surface area (Å²) >= 11 is 0. The van der Waals surface area contributed by atoms with Crippen molar-refractivity contribution >= 4 is 16.9 Å². The van der Waals surface area contributed by atoms with Crippen LogP contribution in [0, 0.1) is 0 Å². The first kappa shape index (κ1) is 14.1. The summed E-state index contributed by atoms with van der Waals surface area (Å²) in [5, 5.41) is 0.838. The molecule has 0 unspecified atom stereocenters. The van der Waals surface area contributed by atoms with Crippen molar-refractivity contribution in [2.24, 2.45) is 0 Å². The standard InChI is InChI=1S/C15H16O5/c1-10(19-11(2)16)7-8-18-13-5-3-12-4-6-15(17)20-14(12)9-13/h3-6,9-10H,7-8H2,1-2H3/t10-/m0/s1. The Morgan fingerprint density at radius 2 is 2.05 bits per heavy atom. The smallest absolute Gasteiger partial charge is 0.336 e. The third kappa shape index (κ3) is 3.85. The second kappa shape index (κ2) is 6.23. The van der Waals surface area contributed by atoms with Gasteiger partial charge in [-0.3, -0.25) is 4.79 Å². The van der Waals surface area contributed by atoms with Gasteiger partial charge in [0.1, 0.15) is 17.4 Å². The van der Waals surface area contributed by atoms with Gasteiger partial charge in [0.15, 0.2) is 0 Å². The zero-order valence-electron chi connectivity index (χ0n) is 11.4. The van der Waals surface area contributed by atoms with Crippen LogP contribution < -0.4 is 10.4 Å². The maximum absolute atomic E-state index is 11.1. The molecule has 0 spiro atoms. The molecule has 0 aliphatic carbocycles. The molecule has 1 heterocycles. The third-order valence-corrected chi connectivity index (χ3v) is 2.75. The van der Waals surface area contributed by atoms with E-state index in [4.69, 9.17) is 13.9 Å². The van der Waals surface area contributed by atoms with Crippen LogP contribution in [0.2, 0.25) is 0 Å². The highest BCUT2D eigenvalue weighted by Crippen LogP contribution is 2.19. The van der Waals surface area contributed by atoms with Gasteiger partial charge in [0.25, 0.3) is 0 Å². The van der Waals surface area contributed by atoms with Gasteiger partial charge in [0.2, 0.25) is 0 Å². The minimum atomic E-state index is -0.391. The van der Waals surface area contributed by atoms with Crippen LogP contribution in [0.3, 0.4) is 0 Å². The predicted molar refractivity (Wildman–Crippen MR) is 73.8 cm³/mol. The number of benzene rings is 1. The number of hydrogen-bond acceptors (Lipinski definition) is 5. The lowest BCUT2D eigenvalue weighted by atomic mass is 10.2. The first-order chi connectivity index (χ1) is 9.54. The van der Waals surface area contributed by atoms with E-state index in [9.17, 15) is 9.59 Å². The first-order valence-electron chi connectivity index (χ1n) is 6.38. The van der Waals surface area contributed by atoms with Crippen LogP contribution in [0.5, 0.6) is 5.75 Å². The lowest BCUT2D eigenvalue weighted by Gasteiger charge is -2.12. The lowest BCUT2D eigenvalue weighted by Crippen LogP contribution is -2.15. The fourth-order valence-corrected chi connectivity index (χ4v) is 1.82. The number of hydrogen-bond donors (Lipinski definition) is 0. The van der Waals surface area contributed by atoms with Crippen LogP contribution in [-0.2, 0) is 9.53 Å². The van der Waals surface area contributed by atoms with Gasteiger partial charge in [-0.05, 0) is 25.1 Å². The van der Waals surface area contributed by atoms with E-state index in [0.29, 0.717) is 24.4 Å². The number of rotatable bonds is 5. The SMILES string of the molecule is CC(=O)O[C@@H](C)CCOc1ccc2ccc(=O)oc2c1. The van der Waals surface area contributed by atoms with Gasteiger partial charge in [-0.2, -0.15) is 0 Å². The molecule has 0 saturated carbocycles. The summed E-state index contributed by atoms with van der Waals surface area (Å²) < 4.78 is 15.6. The molecule has 0 radical (unpaired) electrons. The molecule has 0 amide bonds. The Hall–Kier alpha value is -2.30. The maximum atomic E-state index is 11.1. The van der Waals surface area contributed by atoms with Crippen molar-refractivity contribution < 1.29 is 18.7 Å².